The maximum atomic E-state index is 10.7. The molecule has 0 unspecified atom stereocenters. The van der Waals surface area contributed by atoms with Gasteiger partial charge in [-0.3, -0.25) is 10.1 Å². The number of hydrogen-bond acceptors (Lipinski definition) is 3. The number of hydrogen-bond donors (Lipinski definition) is 0. The molecular weight excluding hydrogens is 218 g/mol. The van der Waals surface area contributed by atoms with Crippen LogP contribution in [0, 0.1) is 24.0 Å². The molecule has 0 aliphatic carbocycles. The fourth-order valence-corrected chi connectivity index (χ4v) is 1.79. The Kier molecular flexibility index (Phi) is 2.91. The molecule has 0 N–H and O–H groups in total. The van der Waals surface area contributed by atoms with Crippen LogP contribution >= 0.6 is 0 Å². The molecule has 5 heteroatoms. The van der Waals surface area contributed by atoms with Crippen LogP contribution in [-0.4, -0.2) is 14.5 Å². The second-order valence-corrected chi connectivity index (χ2v) is 4.07. The monoisotopic (exact) mass is 231 g/mol. The maximum Gasteiger partial charge on any atom is 0.272 e. The standard InChI is InChI=1S/C12H13N3O2/c1-9-5-11(3-4-12(9)15(16)17)7-14-6-10(2)13-8-14/h3-6,8H,7H2,1-2H3. The van der Waals surface area contributed by atoms with Gasteiger partial charge in [0.05, 0.1) is 16.9 Å². The molecule has 0 bridgehead atoms. The van der Waals surface area contributed by atoms with Gasteiger partial charge in [-0.2, -0.15) is 0 Å². The Morgan fingerprint density at radius 2 is 2.18 bits per heavy atom. The van der Waals surface area contributed by atoms with Gasteiger partial charge in [0.2, 0.25) is 0 Å². The number of aromatic nitrogens is 2. The van der Waals surface area contributed by atoms with Gasteiger partial charge in [-0.1, -0.05) is 6.07 Å². The summed E-state index contributed by atoms with van der Waals surface area (Å²) in [5, 5.41) is 10.7. The summed E-state index contributed by atoms with van der Waals surface area (Å²) in [5.74, 6) is 0. The summed E-state index contributed by atoms with van der Waals surface area (Å²) in [6, 6.07) is 5.17. The summed E-state index contributed by atoms with van der Waals surface area (Å²) < 4.78 is 1.95. The highest BCUT2D eigenvalue weighted by molar-refractivity contribution is 5.41. The highest BCUT2D eigenvalue weighted by atomic mass is 16.6. The molecule has 1 heterocycles. The van der Waals surface area contributed by atoms with Gasteiger partial charge in [-0.05, 0) is 25.5 Å². The minimum atomic E-state index is -0.361. The first-order valence-electron chi connectivity index (χ1n) is 5.28. The number of nitro benzene ring substituents is 1. The molecule has 1 aromatic carbocycles. The first-order valence-corrected chi connectivity index (χ1v) is 5.28. The van der Waals surface area contributed by atoms with E-state index in [2.05, 4.69) is 4.98 Å². The van der Waals surface area contributed by atoms with Crippen molar-refractivity contribution in [3.05, 3.63) is 57.7 Å². The Morgan fingerprint density at radius 3 is 2.71 bits per heavy atom. The molecule has 88 valence electrons. The minimum Gasteiger partial charge on any atom is -0.333 e. The van der Waals surface area contributed by atoms with Gasteiger partial charge in [0.1, 0.15) is 0 Å². The number of imidazole rings is 1. The van der Waals surface area contributed by atoms with Gasteiger partial charge in [-0.25, -0.2) is 4.98 Å². The van der Waals surface area contributed by atoms with E-state index in [1.165, 1.54) is 0 Å². The highest BCUT2D eigenvalue weighted by Crippen LogP contribution is 2.19. The summed E-state index contributed by atoms with van der Waals surface area (Å²) in [6.45, 7) is 4.36. The van der Waals surface area contributed by atoms with Crippen LogP contribution in [-0.2, 0) is 6.54 Å². The van der Waals surface area contributed by atoms with Crippen molar-refractivity contribution in [1.29, 1.82) is 0 Å². The quantitative estimate of drug-likeness (QED) is 0.602. The Hall–Kier alpha value is -2.17. The third-order valence-electron chi connectivity index (χ3n) is 2.59. The molecule has 0 amide bonds. The predicted molar refractivity (Wildman–Crippen MR) is 63.9 cm³/mol. The number of nitrogens with zero attached hydrogens (tertiary/aromatic N) is 3. The Bertz CT molecular complexity index is 561. The second kappa shape index (κ2) is 4.37. The van der Waals surface area contributed by atoms with Crippen LogP contribution < -0.4 is 0 Å². The van der Waals surface area contributed by atoms with E-state index in [-0.39, 0.29) is 10.6 Å². The molecule has 5 nitrogen and oxygen atoms in total. The zero-order chi connectivity index (χ0) is 12.4. The zero-order valence-corrected chi connectivity index (χ0v) is 9.75. The summed E-state index contributed by atoms with van der Waals surface area (Å²) >= 11 is 0. The van der Waals surface area contributed by atoms with Crippen LogP contribution in [0.4, 0.5) is 5.69 Å². The SMILES string of the molecule is Cc1cn(Cc2ccc([N+](=O)[O-])c(C)c2)cn1. The van der Waals surface area contributed by atoms with Crippen molar-refractivity contribution in [2.24, 2.45) is 0 Å². The first kappa shape index (κ1) is 11.3. The zero-order valence-electron chi connectivity index (χ0n) is 9.75. The van der Waals surface area contributed by atoms with E-state index in [1.54, 1.807) is 25.4 Å². The third-order valence-corrected chi connectivity index (χ3v) is 2.59. The van der Waals surface area contributed by atoms with Gasteiger partial charge in [-0.15, -0.1) is 0 Å². The first-order chi connectivity index (χ1) is 8.06. The Balaban J connectivity index is 2.23. The lowest BCUT2D eigenvalue weighted by atomic mass is 10.1. The van der Waals surface area contributed by atoms with E-state index in [1.807, 2.05) is 23.8 Å². The normalized spacial score (nSPS) is 10.5. The average molecular weight is 231 g/mol. The molecule has 2 aromatic rings. The second-order valence-electron chi connectivity index (χ2n) is 4.07. The molecule has 0 saturated carbocycles. The lowest BCUT2D eigenvalue weighted by Crippen LogP contribution is -1.98. The molecule has 0 atom stereocenters. The fourth-order valence-electron chi connectivity index (χ4n) is 1.79. The summed E-state index contributed by atoms with van der Waals surface area (Å²) in [4.78, 5) is 14.5. The van der Waals surface area contributed by atoms with Crippen LogP contribution in [0.1, 0.15) is 16.8 Å². The van der Waals surface area contributed by atoms with Crippen LogP contribution in [0.2, 0.25) is 0 Å². The molecule has 0 fully saturated rings. The van der Waals surface area contributed by atoms with E-state index >= 15 is 0 Å². The van der Waals surface area contributed by atoms with Crippen LogP contribution in [0.5, 0.6) is 0 Å². The van der Waals surface area contributed by atoms with E-state index in [0.717, 1.165) is 11.3 Å². The topological polar surface area (TPSA) is 61.0 Å². The molecular formula is C12H13N3O2. The molecule has 1 aromatic heterocycles. The van der Waals surface area contributed by atoms with E-state index in [9.17, 15) is 10.1 Å². The maximum absolute atomic E-state index is 10.7. The lowest BCUT2D eigenvalue weighted by Gasteiger charge is -2.04. The lowest BCUT2D eigenvalue weighted by molar-refractivity contribution is -0.385. The molecule has 2 rings (SSSR count). The largest absolute Gasteiger partial charge is 0.333 e. The Labute approximate surface area is 98.9 Å². The van der Waals surface area contributed by atoms with E-state index in [0.29, 0.717) is 12.1 Å². The van der Waals surface area contributed by atoms with Gasteiger partial charge < -0.3 is 4.57 Å². The van der Waals surface area contributed by atoms with Crippen molar-refractivity contribution in [3.8, 4) is 0 Å². The molecule has 0 spiro atoms. The van der Waals surface area contributed by atoms with Crippen molar-refractivity contribution in [2.75, 3.05) is 0 Å². The van der Waals surface area contributed by atoms with Crippen molar-refractivity contribution in [1.82, 2.24) is 9.55 Å². The van der Waals surface area contributed by atoms with E-state index in [4.69, 9.17) is 0 Å². The fraction of sp³-hybridized carbons (Fsp3) is 0.250. The van der Waals surface area contributed by atoms with Gasteiger partial charge in [0.25, 0.3) is 5.69 Å². The number of rotatable bonds is 3. The van der Waals surface area contributed by atoms with Crippen molar-refractivity contribution >= 4 is 5.69 Å². The van der Waals surface area contributed by atoms with Gasteiger partial charge >= 0.3 is 0 Å². The van der Waals surface area contributed by atoms with Gasteiger partial charge in [0, 0.05) is 24.4 Å². The minimum absolute atomic E-state index is 0.163. The van der Waals surface area contributed by atoms with Crippen LogP contribution in [0.3, 0.4) is 0 Å². The molecule has 0 radical (unpaired) electrons. The third kappa shape index (κ3) is 2.50. The van der Waals surface area contributed by atoms with Crippen molar-refractivity contribution in [2.45, 2.75) is 20.4 Å². The van der Waals surface area contributed by atoms with E-state index < -0.39 is 0 Å². The Morgan fingerprint density at radius 1 is 1.41 bits per heavy atom. The summed E-state index contributed by atoms with van der Waals surface area (Å²) in [7, 11) is 0. The predicted octanol–water partition coefficient (Wildman–Crippen LogP) is 2.46. The number of aryl methyl sites for hydroxylation is 2. The van der Waals surface area contributed by atoms with Crippen molar-refractivity contribution < 1.29 is 4.92 Å². The molecule has 17 heavy (non-hydrogen) atoms. The molecule has 0 aliphatic rings. The summed E-state index contributed by atoms with van der Waals surface area (Å²) in [5.41, 5.74) is 2.84. The van der Waals surface area contributed by atoms with Crippen LogP contribution in [0.25, 0.3) is 0 Å². The molecule has 0 aliphatic heterocycles. The number of nitro groups is 1. The smallest absolute Gasteiger partial charge is 0.272 e. The summed E-state index contributed by atoms with van der Waals surface area (Å²) in [6.07, 6.45) is 3.70. The molecule has 0 saturated heterocycles. The van der Waals surface area contributed by atoms with Gasteiger partial charge in [0.15, 0.2) is 0 Å². The average Bonchev–Trinajstić information content (AvgIpc) is 2.63. The highest BCUT2D eigenvalue weighted by Gasteiger charge is 2.10. The van der Waals surface area contributed by atoms with Crippen LogP contribution in [0.15, 0.2) is 30.7 Å². The number of benzene rings is 1. The van der Waals surface area contributed by atoms with Crippen molar-refractivity contribution in [3.63, 3.8) is 0 Å².